The van der Waals surface area contributed by atoms with Crippen molar-refractivity contribution < 1.29 is 13.2 Å². The van der Waals surface area contributed by atoms with Crippen molar-refractivity contribution in [1.82, 2.24) is 14.8 Å². The third-order valence-corrected chi connectivity index (χ3v) is 4.06. The summed E-state index contributed by atoms with van der Waals surface area (Å²) in [4.78, 5) is 8.13. The third kappa shape index (κ3) is 3.93. The molecular formula is C14H21F3N4. The molecule has 2 rings (SSSR count). The van der Waals surface area contributed by atoms with E-state index in [1.54, 1.807) is 0 Å². The van der Waals surface area contributed by atoms with Crippen LogP contribution in [-0.4, -0.2) is 54.6 Å². The smallest absolute Gasteiger partial charge is 0.324 e. The Balaban J connectivity index is 2.15. The first-order chi connectivity index (χ1) is 9.79. The van der Waals surface area contributed by atoms with Crippen molar-refractivity contribution in [3.63, 3.8) is 0 Å². The molecule has 118 valence electrons. The number of alkyl halides is 3. The number of rotatable bonds is 3. The van der Waals surface area contributed by atoms with Gasteiger partial charge >= 0.3 is 6.18 Å². The zero-order valence-corrected chi connectivity index (χ0v) is 12.3. The topological polar surface area (TPSA) is 45.4 Å². The molecule has 2 N–H and O–H groups in total. The minimum atomic E-state index is -4.40. The summed E-state index contributed by atoms with van der Waals surface area (Å²) in [6, 6.07) is 0.473. The second-order valence-corrected chi connectivity index (χ2v) is 5.70. The Hall–Kier alpha value is -1.18. The molecule has 7 heteroatoms. The molecule has 4 nitrogen and oxygen atoms in total. The highest BCUT2D eigenvalue weighted by Gasteiger charge is 2.35. The Morgan fingerprint density at radius 3 is 2.76 bits per heavy atom. The maximum Gasteiger partial charge on any atom is 0.416 e. The van der Waals surface area contributed by atoms with Crippen LogP contribution in [0.5, 0.6) is 0 Å². The van der Waals surface area contributed by atoms with E-state index in [0.29, 0.717) is 6.42 Å². The molecule has 0 radical (unpaired) electrons. The highest BCUT2D eigenvalue weighted by atomic mass is 19.4. The van der Waals surface area contributed by atoms with Crippen LogP contribution in [0, 0.1) is 0 Å². The van der Waals surface area contributed by atoms with Crippen molar-refractivity contribution in [2.45, 2.75) is 24.7 Å². The fourth-order valence-corrected chi connectivity index (χ4v) is 2.74. The van der Waals surface area contributed by atoms with Gasteiger partial charge in [-0.3, -0.25) is 4.98 Å². The molecule has 1 fully saturated rings. The first kappa shape index (κ1) is 16.2. The first-order valence-corrected chi connectivity index (χ1v) is 6.94. The SMILES string of the molecule is CN1CCN(C)C(CC(N)c2cnccc2C(F)(F)F)C1. The predicted octanol–water partition coefficient (Wildman–Crippen LogP) is 1.74. The summed E-state index contributed by atoms with van der Waals surface area (Å²) in [5.74, 6) is 0. The Morgan fingerprint density at radius 1 is 1.38 bits per heavy atom. The van der Waals surface area contributed by atoms with Crippen LogP contribution in [0.3, 0.4) is 0 Å². The molecule has 2 atom stereocenters. The van der Waals surface area contributed by atoms with Gasteiger partial charge in [0.25, 0.3) is 0 Å². The van der Waals surface area contributed by atoms with Gasteiger partial charge in [0.05, 0.1) is 5.56 Å². The lowest BCUT2D eigenvalue weighted by atomic mass is 9.95. The number of hydrogen-bond donors (Lipinski definition) is 1. The third-order valence-electron chi connectivity index (χ3n) is 4.06. The van der Waals surface area contributed by atoms with Crippen LogP contribution in [0.4, 0.5) is 13.2 Å². The number of nitrogens with two attached hydrogens (primary N) is 1. The summed E-state index contributed by atoms with van der Waals surface area (Å²) in [6.45, 7) is 2.67. The van der Waals surface area contributed by atoms with Crippen LogP contribution in [0.25, 0.3) is 0 Å². The van der Waals surface area contributed by atoms with Gasteiger partial charge < -0.3 is 15.5 Å². The van der Waals surface area contributed by atoms with E-state index in [1.165, 1.54) is 6.20 Å². The van der Waals surface area contributed by atoms with Gasteiger partial charge in [-0.15, -0.1) is 0 Å². The molecule has 0 saturated carbocycles. The van der Waals surface area contributed by atoms with Crippen LogP contribution in [0.15, 0.2) is 18.5 Å². The maximum atomic E-state index is 13.0. The fourth-order valence-electron chi connectivity index (χ4n) is 2.74. The van der Waals surface area contributed by atoms with E-state index in [-0.39, 0.29) is 11.6 Å². The van der Waals surface area contributed by atoms with E-state index in [0.717, 1.165) is 31.9 Å². The van der Waals surface area contributed by atoms with Gasteiger partial charge in [0.2, 0.25) is 0 Å². The van der Waals surface area contributed by atoms with Crippen LogP contribution in [-0.2, 0) is 6.18 Å². The van der Waals surface area contributed by atoms with Gasteiger partial charge in [-0.05, 0) is 32.1 Å². The summed E-state index contributed by atoms with van der Waals surface area (Å²) in [5, 5.41) is 0. The van der Waals surface area contributed by atoms with Crippen LogP contribution >= 0.6 is 0 Å². The summed E-state index contributed by atoms with van der Waals surface area (Å²) in [7, 11) is 4.00. The normalized spacial score (nSPS) is 23.2. The molecule has 0 spiro atoms. The van der Waals surface area contributed by atoms with Crippen molar-refractivity contribution in [2.75, 3.05) is 33.7 Å². The van der Waals surface area contributed by atoms with Gasteiger partial charge in [0.1, 0.15) is 0 Å². The number of halogens is 3. The zero-order valence-electron chi connectivity index (χ0n) is 12.3. The quantitative estimate of drug-likeness (QED) is 0.924. The lowest BCUT2D eigenvalue weighted by Gasteiger charge is -2.39. The summed E-state index contributed by atoms with van der Waals surface area (Å²) >= 11 is 0. The molecule has 1 aromatic heterocycles. The number of nitrogens with zero attached hydrogens (tertiary/aromatic N) is 3. The molecule has 1 aromatic rings. The van der Waals surface area contributed by atoms with Crippen molar-refractivity contribution in [1.29, 1.82) is 0 Å². The standard InChI is InChI=1S/C14H21F3N4/c1-20-5-6-21(2)10(9-20)7-13(18)11-8-19-4-3-12(11)14(15,16)17/h3-4,8,10,13H,5-7,9,18H2,1-2H3. The number of hydrogen-bond acceptors (Lipinski definition) is 4. The second-order valence-electron chi connectivity index (χ2n) is 5.70. The van der Waals surface area contributed by atoms with Crippen molar-refractivity contribution in [3.8, 4) is 0 Å². The van der Waals surface area contributed by atoms with E-state index in [9.17, 15) is 13.2 Å². The Morgan fingerprint density at radius 2 is 2.10 bits per heavy atom. The minimum absolute atomic E-state index is 0.0756. The number of aromatic nitrogens is 1. The molecule has 1 aliphatic rings. The fraction of sp³-hybridized carbons (Fsp3) is 0.643. The summed E-state index contributed by atoms with van der Waals surface area (Å²) in [5.41, 5.74) is 5.44. The Bertz CT molecular complexity index is 478. The predicted molar refractivity (Wildman–Crippen MR) is 74.7 cm³/mol. The van der Waals surface area contributed by atoms with Crippen LogP contribution < -0.4 is 5.73 Å². The highest BCUT2D eigenvalue weighted by molar-refractivity contribution is 5.29. The van der Waals surface area contributed by atoms with Gasteiger partial charge in [0, 0.05) is 44.1 Å². The Kier molecular flexibility index (Phi) is 4.85. The molecule has 21 heavy (non-hydrogen) atoms. The molecular weight excluding hydrogens is 281 g/mol. The number of likely N-dealkylation sites (N-methyl/N-ethyl adjacent to an activating group) is 2. The van der Waals surface area contributed by atoms with E-state index in [4.69, 9.17) is 5.73 Å². The van der Waals surface area contributed by atoms with Gasteiger partial charge in [-0.2, -0.15) is 13.2 Å². The second kappa shape index (κ2) is 6.29. The van der Waals surface area contributed by atoms with E-state index in [2.05, 4.69) is 14.8 Å². The van der Waals surface area contributed by atoms with Gasteiger partial charge in [-0.25, -0.2) is 0 Å². The Labute approximate surface area is 122 Å². The molecule has 1 saturated heterocycles. The van der Waals surface area contributed by atoms with Crippen molar-refractivity contribution >= 4 is 0 Å². The molecule has 0 bridgehead atoms. The molecule has 2 heterocycles. The van der Waals surface area contributed by atoms with Gasteiger partial charge in [0.15, 0.2) is 0 Å². The molecule has 0 aromatic carbocycles. The van der Waals surface area contributed by atoms with Gasteiger partial charge in [-0.1, -0.05) is 0 Å². The average Bonchev–Trinajstić information content (AvgIpc) is 2.42. The maximum absolute atomic E-state index is 13.0. The van der Waals surface area contributed by atoms with E-state index >= 15 is 0 Å². The lowest BCUT2D eigenvalue weighted by Crippen LogP contribution is -2.50. The van der Waals surface area contributed by atoms with Crippen LogP contribution in [0.1, 0.15) is 23.6 Å². The van der Waals surface area contributed by atoms with Crippen LogP contribution in [0.2, 0.25) is 0 Å². The molecule has 1 aliphatic heterocycles. The average molecular weight is 302 g/mol. The largest absolute Gasteiger partial charge is 0.416 e. The summed E-state index contributed by atoms with van der Waals surface area (Å²) < 4.78 is 39.1. The monoisotopic (exact) mass is 302 g/mol. The van der Waals surface area contributed by atoms with E-state index < -0.39 is 17.8 Å². The summed E-state index contributed by atoms with van der Waals surface area (Å²) in [6.07, 6.45) is -1.53. The number of pyridine rings is 1. The zero-order chi connectivity index (χ0) is 15.6. The lowest BCUT2D eigenvalue weighted by molar-refractivity contribution is -0.138. The highest BCUT2D eigenvalue weighted by Crippen LogP contribution is 2.34. The minimum Gasteiger partial charge on any atom is -0.324 e. The van der Waals surface area contributed by atoms with E-state index in [1.807, 2.05) is 14.1 Å². The van der Waals surface area contributed by atoms with Crippen molar-refractivity contribution in [3.05, 3.63) is 29.6 Å². The van der Waals surface area contributed by atoms with Crippen molar-refractivity contribution in [2.24, 2.45) is 5.73 Å². The molecule has 0 amide bonds. The molecule has 0 aliphatic carbocycles. The number of piperazine rings is 1. The molecule has 2 unspecified atom stereocenters. The first-order valence-electron chi connectivity index (χ1n) is 6.94.